The molecule has 2 aromatic rings. The molecule has 0 aliphatic carbocycles. The molecule has 0 atom stereocenters. The molecule has 0 spiro atoms. The van der Waals surface area contributed by atoms with Gasteiger partial charge in [0.05, 0.1) is 5.56 Å². The van der Waals surface area contributed by atoms with Crippen LogP contribution in [0.15, 0.2) is 42.5 Å². The smallest absolute Gasteiger partial charge is 0.289 e. The highest BCUT2D eigenvalue weighted by atomic mass is 127. The maximum Gasteiger partial charge on any atom is 0.419 e. The number of carbonyl (C=O) groups is 1. The lowest BCUT2D eigenvalue weighted by molar-refractivity contribution is -0.140. The van der Waals surface area contributed by atoms with E-state index in [1.807, 2.05) is 0 Å². The van der Waals surface area contributed by atoms with Crippen molar-refractivity contribution in [1.29, 1.82) is 0 Å². The van der Waals surface area contributed by atoms with Crippen LogP contribution in [-0.2, 0) is 6.18 Å². The number of benzene rings is 2. The van der Waals surface area contributed by atoms with E-state index in [-0.39, 0.29) is 5.56 Å². The van der Waals surface area contributed by atoms with Gasteiger partial charge in [0, 0.05) is 14.7 Å². The van der Waals surface area contributed by atoms with E-state index >= 15 is 0 Å². The van der Waals surface area contributed by atoms with Gasteiger partial charge in [0.1, 0.15) is 5.82 Å². The Labute approximate surface area is 125 Å². The summed E-state index contributed by atoms with van der Waals surface area (Å²) < 4.78 is 51.6. The molecule has 2 rings (SSSR count). The van der Waals surface area contributed by atoms with Gasteiger partial charge in [-0.25, -0.2) is 4.39 Å². The van der Waals surface area contributed by atoms with Gasteiger partial charge in [-0.2, -0.15) is 13.2 Å². The summed E-state index contributed by atoms with van der Waals surface area (Å²) >= 11 is 2.06. The molecule has 104 valence electrons. The molecule has 0 saturated heterocycles. The van der Waals surface area contributed by atoms with Crippen LogP contribution in [0.2, 0.25) is 0 Å². The number of rotatable bonds is 2. The standard InChI is InChI=1S/C14H7F4IO/c15-12-7-9(3-6-11(12)14(16,17)18)13(20)8-1-4-10(19)5-2-8/h1-7H. The third-order valence-corrected chi connectivity index (χ3v) is 3.36. The largest absolute Gasteiger partial charge is 0.419 e. The lowest BCUT2D eigenvalue weighted by Crippen LogP contribution is -2.10. The summed E-state index contributed by atoms with van der Waals surface area (Å²) in [7, 11) is 0. The van der Waals surface area contributed by atoms with Gasteiger partial charge in [-0.15, -0.1) is 0 Å². The van der Waals surface area contributed by atoms with E-state index < -0.39 is 23.3 Å². The topological polar surface area (TPSA) is 17.1 Å². The zero-order valence-electron chi connectivity index (χ0n) is 9.84. The van der Waals surface area contributed by atoms with Crippen LogP contribution in [0.25, 0.3) is 0 Å². The highest BCUT2D eigenvalue weighted by Gasteiger charge is 2.34. The zero-order chi connectivity index (χ0) is 14.9. The average Bonchev–Trinajstić information content (AvgIpc) is 2.37. The fourth-order valence-corrected chi connectivity index (χ4v) is 2.01. The lowest BCUT2D eigenvalue weighted by Gasteiger charge is -2.09. The molecule has 0 aliphatic rings. The molecule has 1 nitrogen and oxygen atoms in total. The molecule has 0 bridgehead atoms. The SMILES string of the molecule is O=C(c1ccc(I)cc1)c1ccc(C(F)(F)F)c(F)c1. The molecular formula is C14H7F4IO. The maximum atomic E-state index is 13.4. The molecule has 2 aromatic carbocycles. The lowest BCUT2D eigenvalue weighted by atomic mass is 10.0. The molecule has 0 aromatic heterocycles. The first-order chi connectivity index (χ1) is 9.29. The first-order valence-electron chi connectivity index (χ1n) is 5.46. The first-order valence-corrected chi connectivity index (χ1v) is 6.54. The van der Waals surface area contributed by atoms with E-state index in [9.17, 15) is 22.4 Å². The fourth-order valence-electron chi connectivity index (χ4n) is 1.65. The van der Waals surface area contributed by atoms with Gasteiger partial charge >= 0.3 is 6.18 Å². The number of alkyl halides is 3. The van der Waals surface area contributed by atoms with E-state index in [0.717, 1.165) is 9.64 Å². The third kappa shape index (κ3) is 3.17. The molecule has 0 radical (unpaired) electrons. The van der Waals surface area contributed by atoms with E-state index in [0.29, 0.717) is 17.7 Å². The molecule has 0 saturated carbocycles. The Morgan fingerprint density at radius 2 is 1.50 bits per heavy atom. The minimum atomic E-state index is -4.77. The van der Waals surface area contributed by atoms with Gasteiger partial charge in [-0.3, -0.25) is 4.79 Å². The van der Waals surface area contributed by atoms with Crippen LogP contribution in [0.1, 0.15) is 21.5 Å². The van der Waals surface area contributed by atoms with Gasteiger partial charge in [-0.05, 0) is 59.0 Å². The molecule has 20 heavy (non-hydrogen) atoms. The Morgan fingerprint density at radius 1 is 0.950 bits per heavy atom. The van der Waals surface area contributed by atoms with Crippen molar-refractivity contribution in [1.82, 2.24) is 0 Å². The summed E-state index contributed by atoms with van der Waals surface area (Å²) in [5, 5.41) is 0. The van der Waals surface area contributed by atoms with Crippen LogP contribution in [0.3, 0.4) is 0 Å². The number of hydrogen-bond donors (Lipinski definition) is 0. The Hall–Kier alpha value is -1.44. The molecule has 0 N–H and O–H groups in total. The highest BCUT2D eigenvalue weighted by molar-refractivity contribution is 14.1. The monoisotopic (exact) mass is 394 g/mol. The van der Waals surface area contributed by atoms with Crippen molar-refractivity contribution in [2.45, 2.75) is 6.18 Å². The summed E-state index contributed by atoms with van der Waals surface area (Å²) in [6, 6.07) is 8.63. The van der Waals surface area contributed by atoms with Crippen LogP contribution in [0, 0.1) is 9.39 Å². The Balaban J connectivity index is 2.37. The number of halogens is 5. The second-order valence-corrected chi connectivity index (χ2v) is 5.27. The summed E-state index contributed by atoms with van der Waals surface area (Å²) in [6.07, 6.45) is -4.77. The Bertz CT molecular complexity index is 647. The van der Waals surface area contributed by atoms with Crippen molar-refractivity contribution in [3.05, 3.63) is 68.5 Å². The van der Waals surface area contributed by atoms with Crippen molar-refractivity contribution < 1.29 is 22.4 Å². The molecule has 0 heterocycles. The van der Waals surface area contributed by atoms with Crippen LogP contribution in [0.5, 0.6) is 0 Å². The van der Waals surface area contributed by atoms with Gasteiger partial charge < -0.3 is 0 Å². The van der Waals surface area contributed by atoms with E-state index in [1.54, 1.807) is 24.3 Å². The Kier molecular flexibility index (Phi) is 4.12. The number of ketones is 1. The van der Waals surface area contributed by atoms with E-state index in [1.165, 1.54) is 0 Å². The second-order valence-electron chi connectivity index (χ2n) is 4.03. The number of hydrogen-bond acceptors (Lipinski definition) is 1. The molecule has 0 amide bonds. The van der Waals surface area contributed by atoms with Crippen molar-refractivity contribution in [3.63, 3.8) is 0 Å². The van der Waals surface area contributed by atoms with Gasteiger partial charge in [0.15, 0.2) is 5.78 Å². The van der Waals surface area contributed by atoms with Gasteiger partial charge in [0.2, 0.25) is 0 Å². The normalized spacial score (nSPS) is 11.4. The number of carbonyl (C=O) groups excluding carboxylic acids is 1. The summed E-state index contributed by atoms with van der Waals surface area (Å²) in [6.45, 7) is 0. The predicted octanol–water partition coefficient (Wildman–Crippen LogP) is 4.68. The molecule has 0 fully saturated rings. The van der Waals surface area contributed by atoms with Crippen molar-refractivity contribution in [2.75, 3.05) is 0 Å². The minimum absolute atomic E-state index is 0.114. The van der Waals surface area contributed by atoms with Gasteiger partial charge in [0.25, 0.3) is 0 Å². The summed E-state index contributed by atoms with van der Waals surface area (Å²) in [5.41, 5.74) is -1.20. The first kappa shape index (κ1) is 15.0. The summed E-state index contributed by atoms with van der Waals surface area (Å²) in [5.74, 6) is -1.97. The minimum Gasteiger partial charge on any atom is -0.289 e. The summed E-state index contributed by atoms with van der Waals surface area (Å²) in [4.78, 5) is 12.0. The zero-order valence-corrected chi connectivity index (χ0v) is 12.0. The molecule has 0 aliphatic heterocycles. The highest BCUT2D eigenvalue weighted by Crippen LogP contribution is 2.31. The average molecular weight is 394 g/mol. The van der Waals surface area contributed by atoms with Crippen molar-refractivity contribution in [3.8, 4) is 0 Å². The maximum absolute atomic E-state index is 13.4. The Morgan fingerprint density at radius 3 is 2.00 bits per heavy atom. The molecule has 6 heteroatoms. The fraction of sp³-hybridized carbons (Fsp3) is 0.0714. The van der Waals surface area contributed by atoms with Gasteiger partial charge in [-0.1, -0.05) is 6.07 Å². The van der Waals surface area contributed by atoms with Crippen LogP contribution in [0.4, 0.5) is 17.6 Å². The van der Waals surface area contributed by atoms with Crippen LogP contribution >= 0.6 is 22.6 Å². The second kappa shape index (κ2) is 5.51. The van der Waals surface area contributed by atoms with Crippen molar-refractivity contribution >= 4 is 28.4 Å². The quantitative estimate of drug-likeness (QED) is 0.411. The predicted molar refractivity (Wildman–Crippen MR) is 74.0 cm³/mol. The van der Waals surface area contributed by atoms with E-state index in [4.69, 9.17) is 0 Å². The van der Waals surface area contributed by atoms with E-state index in [2.05, 4.69) is 22.6 Å². The van der Waals surface area contributed by atoms with Crippen molar-refractivity contribution in [2.24, 2.45) is 0 Å². The molecule has 0 unspecified atom stereocenters. The van der Waals surface area contributed by atoms with Crippen LogP contribution in [-0.4, -0.2) is 5.78 Å². The third-order valence-electron chi connectivity index (χ3n) is 2.64. The van der Waals surface area contributed by atoms with Crippen LogP contribution < -0.4 is 0 Å². The molecular weight excluding hydrogens is 387 g/mol.